The minimum Gasteiger partial charge on any atom is -0.320 e. The van der Waals surface area contributed by atoms with Crippen molar-refractivity contribution >= 4 is 46.3 Å². The lowest BCUT2D eigenvalue weighted by atomic mass is 10.2. The van der Waals surface area contributed by atoms with Gasteiger partial charge in [-0.2, -0.15) is 0 Å². The van der Waals surface area contributed by atoms with E-state index < -0.39 is 11.7 Å². The Kier molecular flexibility index (Phi) is 6.15. The Morgan fingerprint density at radius 1 is 1.19 bits per heavy atom. The Morgan fingerprint density at radius 2 is 2.03 bits per heavy atom. The number of likely N-dealkylation sites (tertiary alicyclic amines) is 1. The van der Waals surface area contributed by atoms with Crippen LogP contribution >= 0.6 is 22.9 Å². The molecule has 0 bridgehead atoms. The summed E-state index contributed by atoms with van der Waals surface area (Å²) in [5.74, 6) is -0.920. The minimum absolute atomic E-state index is 0.150. The molecular weight excluding hydrogens is 441 g/mol. The second-order valence-corrected chi connectivity index (χ2v) is 8.60. The van der Waals surface area contributed by atoms with Gasteiger partial charge in [0.15, 0.2) is 0 Å². The lowest BCUT2D eigenvalue weighted by Crippen LogP contribution is -2.34. The molecule has 3 aromatic rings. The smallest absolute Gasteiger partial charge is 0.320 e. The summed E-state index contributed by atoms with van der Waals surface area (Å²) >= 11 is 7.17. The molecule has 3 amide bonds. The predicted octanol–water partition coefficient (Wildman–Crippen LogP) is 5.26. The number of hydrogen-bond donors (Lipinski definition) is 2. The van der Waals surface area contributed by atoms with E-state index in [0.717, 1.165) is 29.7 Å². The molecule has 160 valence electrons. The maximum Gasteiger partial charge on any atom is 0.322 e. The molecule has 0 spiro atoms. The third kappa shape index (κ3) is 4.83. The van der Waals surface area contributed by atoms with Gasteiger partial charge in [-0.15, -0.1) is 10.2 Å². The van der Waals surface area contributed by atoms with Crippen LogP contribution in [-0.4, -0.2) is 33.6 Å². The maximum absolute atomic E-state index is 13.3. The quantitative estimate of drug-likeness (QED) is 0.557. The van der Waals surface area contributed by atoms with E-state index in [0.29, 0.717) is 27.9 Å². The van der Waals surface area contributed by atoms with Crippen LogP contribution < -0.4 is 10.6 Å². The molecule has 0 saturated carbocycles. The van der Waals surface area contributed by atoms with Crippen LogP contribution in [0.25, 0.3) is 0 Å². The lowest BCUT2D eigenvalue weighted by Gasteiger charge is -2.23. The van der Waals surface area contributed by atoms with Crippen molar-refractivity contribution in [2.24, 2.45) is 0 Å². The Labute approximate surface area is 187 Å². The van der Waals surface area contributed by atoms with Crippen molar-refractivity contribution in [1.82, 2.24) is 15.1 Å². The van der Waals surface area contributed by atoms with Crippen molar-refractivity contribution in [1.29, 1.82) is 0 Å². The van der Waals surface area contributed by atoms with Crippen LogP contribution in [0, 0.1) is 12.7 Å². The number of amides is 3. The van der Waals surface area contributed by atoms with Crippen molar-refractivity contribution in [3.05, 3.63) is 68.9 Å². The van der Waals surface area contributed by atoms with E-state index in [1.165, 1.54) is 18.2 Å². The second kappa shape index (κ2) is 8.99. The number of aromatic nitrogens is 2. The number of rotatable bonds is 4. The van der Waals surface area contributed by atoms with Crippen LogP contribution in [0.3, 0.4) is 0 Å². The zero-order valence-corrected chi connectivity index (χ0v) is 18.1. The van der Waals surface area contributed by atoms with Crippen molar-refractivity contribution in [2.75, 3.05) is 17.2 Å². The highest BCUT2D eigenvalue weighted by atomic mass is 35.5. The van der Waals surface area contributed by atoms with Crippen LogP contribution in [0.4, 0.5) is 20.6 Å². The van der Waals surface area contributed by atoms with Gasteiger partial charge in [0.05, 0.1) is 6.04 Å². The number of anilines is 2. The first kappa shape index (κ1) is 21.2. The average molecular weight is 460 g/mol. The molecular formula is C21H19ClFN5O2S. The summed E-state index contributed by atoms with van der Waals surface area (Å²) in [5, 5.41) is 14.9. The molecule has 2 N–H and O–H groups in total. The first-order valence-corrected chi connectivity index (χ1v) is 10.8. The van der Waals surface area contributed by atoms with Gasteiger partial charge in [0.2, 0.25) is 5.01 Å². The third-order valence-corrected chi connectivity index (χ3v) is 6.22. The fraction of sp³-hybridized carbons (Fsp3) is 0.238. The highest BCUT2D eigenvalue weighted by molar-refractivity contribution is 7.13. The molecule has 1 aliphatic heterocycles. The molecule has 0 aliphatic carbocycles. The first-order chi connectivity index (χ1) is 14.9. The molecule has 1 saturated heterocycles. The molecule has 1 aromatic heterocycles. The molecule has 1 fully saturated rings. The average Bonchev–Trinajstić information content (AvgIpc) is 3.40. The van der Waals surface area contributed by atoms with E-state index in [1.54, 1.807) is 23.1 Å². The third-order valence-electron chi connectivity index (χ3n) is 4.96. The number of halogens is 2. The summed E-state index contributed by atoms with van der Waals surface area (Å²) in [4.78, 5) is 27.0. The van der Waals surface area contributed by atoms with Crippen LogP contribution in [0.1, 0.15) is 39.3 Å². The SMILES string of the molecule is Cc1ccc(Cl)cc1NC(=O)N1CCC[C@H]1c1nnc(C(=O)Nc2cccc(F)c2)s1. The highest BCUT2D eigenvalue weighted by Crippen LogP contribution is 2.34. The lowest BCUT2D eigenvalue weighted by molar-refractivity contribution is 0.102. The van der Waals surface area contributed by atoms with E-state index in [9.17, 15) is 14.0 Å². The summed E-state index contributed by atoms with van der Waals surface area (Å²) in [6.45, 7) is 2.46. The van der Waals surface area contributed by atoms with Crippen molar-refractivity contribution in [3.63, 3.8) is 0 Å². The van der Waals surface area contributed by atoms with E-state index in [-0.39, 0.29) is 17.1 Å². The molecule has 31 heavy (non-hydrogen) atoms. The largest absolute Gasteiger partial charge is 0.322 e. The predicted molar refractivity (Wildman–Crippen MR) is 118 cm³/mol. The molecule has 2 heterocycles. The molecule has 10 heteroatoms. The Balaban J connectivity index is 1.46. The number of benzene rings is 2. The molecule has 7 nitrogen and oxygen atoms in total. The Hall–Kier alpha value is -3.04. The van der Waals surface area contributed by atoms with Gasteiger partial charge >= 0.3 is 6.03 Å². The highest BCUT2D eigenvalue weighted by Gasteiger charge is 2.33. The number of aryl methyl sites for hydroxylation is 1. The van der Waals surface area contributed by atoms with Gasteiger partial charge in [0.1, 0.15) is 10.8 Å². The zero-order chi connectivity index (χ0) is 22.0. The molecule has 2 aromatic carbocycles. The van der Waals surface area contributed by atoms with Crippen molar-refractivity contribution < 1.29 is 14.0 Å². The zero-order valence-electron chi connectivity index (χ0n) is 16.6. The molecule has 0 unspecified atom stereocenters. The van der Waals surface area contributed by atoms with Gasteiger partial charge in [0, 0.05) is 22.9 Å². The van der Waals surface area contributed by atoms with E-state index in [2.05, 4.69) is 20.8 Å². The Morgan fingerprint density at radius 3 is 2.84 bits per heavy atom. The topological polar surface area (TPSA) is 87.2 Å². The van der Waals surface area contributed by atoms with E-state index >= 15 is 0 Å². The van der Waals surface area contributed by atoms with Gasteiger partial charge in [-0.1, -0.05) is 35.1 Å². The molecule has 1 aliphatic rings. The fourth-order valence-electron chi connectivity index (χ4n) is 3.39. The number of hydrogen-bond acceptors (Lipinski definition) is 5. The summed E-state index contributed by atoms with van der Waals surface area (Å²) in [7, 11) is 0. The summed E-state index contributed by atoms with van der Waals surface area (Å²) < 4.78 is 13.3. The maximum atomic E-state index is 13.3. The number of carbonyl (C=O) groups excluding carboxylic acids is 2. The molecule has 1 atom stereocenters. The van der Waals surface area contributed by atoms with Gasteiger partial charge in [0.25, 0.3) is 5.91 Å². The fourth-order valence-corrected chi connectivity index (χ4v) is 4.45. The number of nitrogens with zero attached hydrogens (tertiary/aromatic N) is 3. The molecule has 0 radical (unpaired) electrons. The minimum atomic E-state index is -0.474. The first-order valence-electron chi connectivity index (χ1n) is 9.65. The van der Waals surface area contributed by atoms with Crippen LogP contribution in [0.5, 0.6) is 0 Å². The van der Waals surface area contributed by atoms with E-state index in [1.807, 2.05) is 13.0 Å². The van der Waals surface area contributed by atoms with Crippen molar-refractivity contribution in [3.8, 4) is 0 Å². The van der Waals surface area contributed by atoms with E-state index in [4.69, 9.17) is 11.6 Å². The van der Waals surface area contributed by atoms with Gasteiger partial charge < -0.3 is 15.5 Å². The summed E-state index contributed by atoms with van der Waals surface area (Å²) in [6, 6.07) is 10.4. The number of carbonyl (C=O) groups is 2. The summed E-state index contributed by atoms with van der Waals surface area (Å²) in [6.07, 6.45) is 1.54. The van der Waals surface area contributed by atoms with Crippen LogP contribution in [0.15, 0.2) is 42.5 Å². The molecule has 4 rings (SSSR count). The monoisotopic (exact) mass is 459 g/mol. The Bertz CT molecular complexity index is 1140. The van der Waals surface area contributed by atoms with Gasteiger partial charge in [-0.3, -0.25) is 4.79 Å². The van der Waals surface area contributed by atoms with Gasteiger partial charge in [-0.05, 0) is 55.7 Å². The number of urea groups is 1. The van der Waals surface area contributed by atoms with Gasteiger partial charge in [-0.25, -0.2) is 9.18 Å². The van der Waals surface area contributed by atoms with Crippen molar-refractivity contribution in [2.45, 2.75) is 25.8 Å². The van der Waals surface area contributed by atoms with Crippen LogP contribution in [0.2, 0.25) is 5.02 Å². The number of nitrogens with one attached hydrogen (secondary N) is 2. The normalized spacial score (nSPS) is 15.7. The van der Waals surface area contributed by atoms with Crippen LogP contribution in [-0.2, 0) is 0 Å². The standard InChI is InChI=1S/C21H19ClFN5O2S/c1-12-7-8-13(22)10-16(12)25-21(30)28-9-3-6-17(28)19-26-27-20(31-19)18(29)24-15-5-2-4-14(23)11-15/h2,4-5,7-8,10-11,17H,3,6,9H2,1H3,(H,24,29)(H,25,30)/t17-/m0/s1. The summed E-state index contributed by atoms with van der Waals surface area (Å²) in [5.41, 5.74) is 1.89. The second-order valence-electron chi connectivity index (χ2n) is 7.15.